The van der Waals surface area contributed by atoms with Crippen LogP contribution in [0.3, 0.4) is 0 Å². The van der Waals surface area contributed by atoms with Gasteiger partial charge in [0.05, 0.1) is 6.04 Å². The number of carbonyl (C=O) groups is 1. The van der Waals surface area contributed by atoms with E-state index < -0.39 is 0 Å². The van der Waals surface area contributed by atoms with E-state index in [-0.39, 0.29) is 17.5 Å². The van der Waals surface area contributed by atoms with Gasteiger partial charge in [0.25, 0.3) is 0 Å². The predicted octanol–water partition coefficient (Wildman–Crippen LogP) is 1.75. The minimum Gasteiger partial charge on any atom is -0.352 e. The second kappa shape index (κ2) is 6.44. The summed E-state index contributed by atoms with van der Waals surface area (Å²) in [6.07, 6.45) is 4.50. The highest BCUT2D eigenvalue weighted by molar-refractivity contribution is 5.82. The quantitative estimate of drug-likeness (QED) is 0.810. The summed E-state index contributed by atoms with van der Waals surface area (Å²) in [6, 6.07) is 0.376. The van der Waals surface area contributed by atoms with Gasteiger partial charge in [-0.1, -0.05) is 6.92 Å². The summed E-state index contributed by atoms with van der Waals surface area (Å²) >= 11 is 0. The molecular weight excluding hydrogens is 250 g/mol. The standard InChI is InChI=1S/C16H31N3O/c1-12-6-5-9-17-14(12)15(20)18-13-7-10-19(11-8-13)16(2,3)4/h12-14,17H,5-11H2,1-4H3,(H,18,20). The van der Waals surface area contributed by atoms with E-state index in [1.807, 2.05) is 0 Å². The van der Waals surface area contributed by atoms with Crippen molar-refractivity contribution in [3.8, 4) is 0 Å². The topological polar surface area (TPSA) is 44.4 Å². The Bertz CT molecular complexity index is 329. The molecule has 4 heteroatoms. The third-order valence-corrected chi connectivity index (χ3v) is 4.84. The minimum atomic E-state index is 0.0180. The molecule has 2 atom stereocenters. The molecule has 0 aromatic rings. The van der Waals surface area contributed by atoms with Gasteiger partial charge >= 0.3 is 0 Å². The number of carbonyl (C=O) groups excluding carboxylic acids is 1. The molecule has 2 heterocycles. The van der Waals surface area contributed by atoms with Gasteiger partial charge in [0.2, 0.25) is 5.91 Å². The van der Waals surface area contributed by atoms with Crippen LogP contribution >= 0.6 is 0 Å². The van der Waals surface area contributed by atoms with Crippen LogP contribution < -0.4 is 10.6 Å². The normalized spacial score (nSPS) is 30.2. The molecule has 20 heavy (non-hydrogen) atoms. The molecule has 0 aromatic heterocycles. The van der Waals surface area contributed by atoms with E-state index in [1.54, 1.807) is 0 Å². The van der Waals surface area contributed by atoms with E-state index in [1.165, 1.54) is 6.42 Å². The second-order valence-electron chi connectivity index (χ2n) is 7.49. The lowest BCUT2D eigenvalue weighted by molar-refractivity contribution is -0.126. The summed E-state index contributed by atoms with van der Waals surface area (Å²) < 4.78 is 0. The largest absolute Gasteiger partial charge is 0.352 e. The Morgan fingerprint density at radius 1 is 1.20 bits per heavy atom. The summed E-state index contributed by atoms with van der Waals surface area (Å²) in [5, 5.41) is 6.63. The van der Waals surface area contributed by atoms with Crippen LogP contribution in [0.1, 0.15) is 53.4 Å². The third-order valence-electron chi connectivity index (χ3n) is 4.84. The Morgan fingerprint density at radius 3 is 2.40 bits per heavy atom. The molecule has 4 nitrogen and oxygen atoms in total. The summed E-state index contributed by atoms with van der Waals surface area (Å²) in [7, 11) is 0. The van der Waals surface area contributed by atoms with Gasteiger partial charge < -0.3 is 10.6 Å². The summed E-state index contributed by atoms with van der Waals surface area (Å²) in [5.74, 6) is 0.671. The zero-order valence-corrected chi connectivity index (χ0v) is 13.5. The van der Waals surface area contributed by atoms with E-state index in [2.05, 4.69) is 43.2 Å². The van der Waals surface area contributed by atoms with Crippen LogP contribution in [0.15, 0.2) is 0 Å². The Kier molecular flexibility index (Phi) is 5.08. The van der Waals surface area contributed by atoms with Crippen molar-refractivity contribution < 1.29 is 4.79 Å². The smallest absolute Gasteiger partial charge is 0.237 e. The maximum Gasteiger partial charge on any atom is 0.237 e. The first kappa shape index (κ1) is 15.8. The van der Waals surface area contributed by atoms with Gasteiger partial charge in [0.1, 0.15) is 0 Å². The van der Waals surface area contributed by atoms with Gasteiger partial charge in [0.15, 0.2) is 0 Å². The van der Waals surface area contributed by atoms with Crippen LogP contribution in [0.2, 0.25) is 0 Å². The van der Waals surface area contributed by atoms with E-state index >= 15 is 0 Å². The van der Waals surface area contributed by atoms with Crippen molar-refractivity contribution >= 4 is 5.91 Å². The molecule has 0 spiro atoms. The van der Waals surface area contributed by atoms with Crippen molar-refractivity contribution in [3.63, 3.8) is 0 Å². The van der Waals surface area contributed by atoms with Crippen molar-refractivity contribution in [3.05, 3.63) is 0 Å². The lowest BCUT2D eigenvalue weighted by atomic mass is 9.91. The number of hydrogen-bond donors (Lipinski definition) is 2. The molecule has 2 N–H and O–H groups in total. The molecule has 0 aliphatic carbocycles. The Labute approximate surface area is 123 Å². The third kappa shape index (κ3) is 3.95. The maximum atomic E-state index is 12.4. The van der Waals surface area contributed by atoms with E-state index in [0.717, 1.165) is 38.9 Å². The molecule has 2 aliphatic rings. The Hall–Kier alpha value is -0.610. The van der Waals surface area contributed by atoms with Gasteiger partial charge in [-0.15, -0.1) is 0 Å². The number of hydrogen-bond acceptors (Lipinski definition) is 3. The fraction of sp³-hybridized carbons (Fsp3) is 0.938. The van der Waals surface area contributed by atoms with Crippen LogP contribution in [-0.4, -0.2) is 48.1 Å². The van der Waals surface area contributed by atoms with Crippen LogP contribution in [0.4, 0.5) is 0 Å². The molecule has 2 fully saturated rings. The van der Waals surface area contributed by atoms with Crippen LogP contribution in [0.25, 0.3) is 0 Å². The molecular formula is C16H31N3O. The van der Waals surface area contributed by atoms with Crippen LogP contribution in [-0.2, 0) is 4.79 Å². The maximum absolute atomic E-state index is 12.4. The number of nitrogens with zero attached hydrogens (tertiary/aromatic N) is 1. The highest BCUT2D eigenvalue weighted by atomic mass is 16.2. The fourth-order valence-corrected chi connectivity index (χ4v) is 3.39. The molecule has 2 unspecified atom stereocenters. The predicted molar refractivity (Wildman–Crippen MR) is 82.7 cm³/mol. The lowest BCUT2D eigenvalue weighted by Crippen LogP contribution is -2.56. The van der Waals surface area contributed by atoms with Crippen molar-refractivity contribution in [2.24, 2.45) is 5.92 Å². The highest BCUT2D eigenvalue weighted by Gasteiger charge is 2.31. The minimum absolute atomic E-state index is 0.0180. The molecule has 2 rings (SSSR count). The molecule has 0 bridgehead atoms. The van der Waals surface area contributed by atoms with Gasteiger partial charge in [-0.2, -0.15) is 0 Å². The van der Waals surface area contributed by atoms with Crippen molar-refractivity contribution in [1.29, 1.82) is 0 Å². The molecule has 0 saturated carbocycles. The van der Waals surface area contributed by atoms with Crippen LogP contribution in [0.5, 0.6) is 0 Å². The zero-order valence-electron chi connectivity index (χ0n) is 13.5. The number of amides is 1. The average molecular weight is 281 g/mol. The molecule has 2 aliphatic heterocycles. The lowest BCUT2D eigenvalue weighted by Gasteiger charge is -2.41. The summed E-state index contributed by atoms with van der Waals surface area (Å²) in [5.41, 5.74) is 0.244. The fourth-order valence-electron chi connectivity index (χ4n) is 3.39. The van der Waals surface area contributed by atoms with Crippen molar-refractivity contribution in [2.75, 3.05) is 19.6 Å². The van der Waals surface area contributed by atoms with E-state index in [9.17, 15) is 4.79 Å². The number of nitrogens with one attached hydrogen (secondary N) is 2. The van der Waals surface area contributed by atoms with Crippen molar-refractivity contribution in [1.82, 2.24) is 15.5 Å². The molecule has 2 saturated heterocycles. The van der Waals surface area contributed by atoms with Crippen molar-refractivity contribution in [2.45, 2.75) is 71.0 Å². The number of likely N-dealkylation sites (tertiary alicyclic amines) is 1. The summed E-state index contributed by atoms with van der Waals surface area (Å²) in [4.78, 5) is 14.9. The Balaban J connectivity index is 1.79. The average Bonchev–Trinajstić information content (AvgIpc) is 2.38. The monoisotopic (exact) mass is 281 g/mol. The van der Waals surface area contributed by atoms with Crippen LogP contribution in [0, 0.1) is 5.92 Å². The molecule has 116 valence electrons. The number of piperidine rings is 2. The SMILES string of the molecule is CC1CCCNC1C(=O)NC1CCN(C(C)(C)C)CC1. The number of rotatable bonds is 2. The van der Waals surface area contributed by atoms with Gasteiger partial charge in [-0.3, -0.25) is 9.69 Å². The Morgan fingerprint density at radius 2 is 1.85 bits per heavy atom. The first-order valence-corrected chi connectivity index (χ1v) is 8.17. The second-order valence-corrected chi connectivity index (χ2v) is 7.49. The molecule has 0 radical (unpaired) electrons. The van der Waals surface area contributed by atoms with E-state index in [4.69, 9.17) is 0 Å². The molecule has 1 amide bonds. The van der Waals surface area contributed by atoms with Gasteiger partial charge in [-0.05, 0) is 58.9 Å². The van der Waals surface area contributed by atoms with Gasteiger partial charge in [-0.25, -0.2) is 0 Å². The highest BCUT2D eigenvalue weighted by Crippen LogP contribution is 2.21. The zero-order chi connectivity index (χ0) is 14.8. The van der Waals surface area contributed by atoms with E-state index in [0.29, 0.717) is 12.0 Å². The summed E-state index contributed by atoms with van der Waals surface area (Å²) in [6.45, 7) is 12.1. The van der Waals surface area contributed by atoms with Gasteiger partial charge in [0, 0.05) is 24.7 Å². The first-order chi connectivity index (χ1) is 9.38. The molecule has 0 aromatic carbocycles. The first-order valence-electron chi connectivity index (χ1n) is 8.17.